The molecule has 7 heteroatoms. The molecule has 1 N–H and O–H groups in total. The van der Waals surface area contributed by atoms with Crippen molar-refractivity contribution in [3.8, 4) is 0 Å². The fourth-order valence-electron chi connectivity index (χ4n) is 2.30. The second-order valence-corrected chi connectivity index (χ2v) is 6.87. The molecule has 132 valence electrons. The lowest BCUT2D eigenvalue weighted by Gasteiger charge is -2.02. The third-order valence-corrected chi connectivity index (χ3v) is 4.65. The van der Waals surface area contributed by atoms with E-state index in [0.29, 0.717) is 6.54 Å². The maximum absolute atomic E-state index is 12.1. The zero-order valence-corrected chi connectivity index (χ0v) is 14.6. The number of rotatable bonds is 15. The van der Waals surface area contributed by atoms with Crippen LogP contribution in [0.25, 0.3) is 0 Å². The van der Waals surface area contributed by atoms with Crippen LogP contribution in [0.5, 0.6) is 0 Å². The molecule has 0 aromatic carbocycles. The van der Waals surface area contributed by atoms with Crippen molar-refractivity contribution in [3.63, 3.8) is 0 Å². The lowest BCUT2D eigenvalue weighted by atomic mass is 10.1. The zero-order chi connectivity index (χ0) is 16.8. The van der Waals surface area contributed by atoms with Crippen LogP contribution >= 0.6 is 11.8 Å². The summed E-state index contributed by atoms with van der Waals surface area (Å²) in [5, 5.41) is 16.4. The van der Waals surface area contributed by atoms with Gasteiger partial charge < -0.3 is 5.11 Å². The Morgan fingerprint density at radius 3 is 2.52 bits per heavy atom. The van der Waals surface area contributed by atoms with Crippen LogP contribution in [0.1, 0.15) is 57.1 Å². The number of hydrogen-bond donors (Lipinski definition) is 1. The molecule has 0 amide bonds. The highest BCUT2D eigenvalue weighted by atomic mass is 32.2. The Morgan fingerprint density at radius 1 is 1.13 bits per heavy atom. The summed E-state index contributed by atoms with van der Waals surface area (Å²) in [6.07, 6.45) is 11.5. The van der Waals surface area contributed by atoms with Crippen LogP contribution in [-0.2, 0) is 17.8 Å². The fourth-order valence-corrected chi connectivity index (χ4v) is 3.24. The number of alkyl halides is 1. The van der Waals surface area contributed by atoms with Crippen molar-refractivity contribution in [2.24, 2.45) is 0 Å². The molecule has 0 saturated carbocycles. The van der Waals surface area contributed by atoms with Crippen molar-refractivity contribution in [1.82, 2.24) is 15.0 Å². The van der Waals surface area contributed by atoms with Crippen LogP contribution in [0.4, 0.5) is 4.39 Å². The lowest BCUT2D eigenvalue weighted by Crippen LogP contribution is -1.99. The van der Waals surface area contributed by atoms with Crippen molar-refractivity contribution in [3.05, 3.63) is 11.9 Å². The highest BCUT2D eigenvalue weighted by Gasteiger charge is 2.01. The summed E-state index contributed by atoms with van der Waals surface area (Å²) in [5.74, 6) is 1.09. The predicted octanol–water partition coefficient (Wildman–Crippen LogP) is 3.73. The molecule has 1 aromatic heterocycles. The van der Waals surface area contributed by atoms with E-state index < -0.39 is 12.6 Å². The Kier molecular flexibility index (Phi) is 11.6. The monoisotopic (exact) mass is 344 g/mol. The fraction of sp³-hybridized carbons (Fsp3) is 0.812. The topological polar surface area (TPSA) is 68.0 Å². The van der Waals surface area contributed by atoms with Gasteiger partial charge in [-0.1, -0.05) is 37.3 Å². The van der Waals surface area contributed by atoms with E-state index in [2.05, 4.69) is 10.3 Å². The molecule has 0 aliphatic carbocycles. The second kappa shape index (κ2) is 13.3. The van der Waals surface area contributed by atoms with Gasteiger partial charge in [-0.25, -0.2) is 9.07 Å². The first-order chi connectivity index (χ1) is 11.2. The van der Waals surface area contributed by atoms with E-state index in [9.17, 15) is 9.18 Å². The highest BCUT2D eigenvalue weighted by molar-refractivity contribution is 7.99. The number of nitrogens with zero attached hydrogens (tertiary/aromatic N) is 3. The molecule has 1 rings (SSSR count). The van der Waals surface area contributed by atoms with E-state index in [-0.39, 0.29) is 6.42 Å². The lowest BCUT2D eigenvalue weighted by molar-refractivity contribution is -0.136. The predicted molar refractivity (Wildman–Crippen MR) is 91.6 cm³/mol. The van der Waals surface area contributed by atoms with E-state index >= 15 is 0 Å². The maximum atomic E-state index is 12.1. The van der Waals surface area contributed by atoms with E-state index in [1.54, 1.807) is 16.4 Å². The van der Waals surface area contributed by atoms with Gasteiger partial charge in [0.15, 0.2) is 0 Å². The smallest absolute Gasteiger partial charge is 0.304 e. The molecule has 0 fully saturated rings. The minimum absolute atomic E-state index is 0.270. The summed E-state index contributed by atoms with van der Waals surface area (Å²) in [5.41, 5.74) is 0.955. The minimum atomic E-state index is -0.706. The van der Waals surface area contributed by atoms with Gasteiger partial charge in [-0.05, 0) is 25.0 Å². The van der Waals surface area contributed by atoms with E-state index in [1.807, 2.05) is 6.20 Å². The van der Waals surface area contributed by atoms with Crippen molar-refractivity contribution in [1.29, 1.82) is 0 Å². The molecule has 0 radical (unpaired) electrons. The molecule has 23 heavy (non-hydrogen) atoms. The van der Waals surface area contributed by atoms with Gasteiger partial charge in [-0.15, -0.1) is 5.10 Å². The van der Waals surface area contributed by atoms with Crippen molar-refractivity contribution < 1.29 is 14.3 Å². The summed E-state index contributed by atoms with van der Waals surface area (Å²) < 4.78 is 13.7. The first kappa shape index (κ1) is 19.9. The van der Waals surface area contributed by atoms with Gasteiger partial charge in [0.1, 0.15) is 6.67 Å². The van der Waals surface area contributed by atoms with Crippen molar-refractivity contribution in [2.45, 2.75) is 64.3 Å². The Bertz CT molecular complexity index is 429. The molecule has 1 aromatic rings. The summed E-state index contributed by atoms with van der Waals surface area (Å²) in [7, 11) is 0. The Balaban J connectivity index is 1.83. The standard InChI is InChI=1S/C16H28FN3O2S/c17-10-11-20-14-15(18-19-20)8-6-4-2-1-3-5-7-12-23-13-9-16(21)22/h14H,1-13H2,(H,21,22)/i17-1. The van der Waals surface area contributed by atoms with E-state index in [0.717, 1.165) is 30.0 Å². The molecule has 0 unspecified atom stereocenters. The summed E-state index contributed by atoms with van der Waals surface area (Å²) in [6.45, 7) is -0.109. The van der Waals surface area contributed by atoms with Crippen molar-refractivity contribution in [2.75, 3.05) is 18.2 Å². The Labute approximate surface area is 142 Å². The molecule has 0 aliphatic heterocycles. The molecule has 0 spiro atoms. The molecular weight excluding hydrogens is 316 g/mol. The Morgan fingerprint density at radius 2 is 1.83 bits per heavy atom. The molecule has 1 heterocycles. The summed E-state index contributed by atoms with van der Waals surface area (Å²) >= 11 is 1.74. The number of thioether (sulfide) groups is 1. The largest absolute Gasteiger partial charge is 0.481 e. The van der Waals surface area contributed by atoms with Crippen molar-refractivity contribution >= 4 is 17.7 Å². The first-order valence-electron chi connectivity index (χ1n) is 8.47. The average Bonchev–Trinajstić information content (AvgIpc) is 2.96. The minimum Gasteiger partial charge on any atom is -0.481 e. The summed E-state index contributed by atoms with van der Waals surface area (Å²) in [4.78, 5) is 10.3. The number of carboxylic acid groups (broad SMARTS) is 1. The number of aliphatic carboxylic acids is 1. The first-order valence-corrected chi connectivity index (χ1v) is 9.62. The van der Waals surface area contributed by atoms with Gasteiger partial charge in [0.2, 0.25) is 0 Å². The average molecular weight is 344 g/mol. The zero-order valence-electron chi connectivity index (χ0n) is 13.8. The van der Waals surface area contributed by atoms with Gasteiger partial charge in [0.25, 0.3) is 0 Å². The number of unbranched alkanes of at least 4 members (excludes halogenated alkanes) is 6. The number of hydrogen-bond acceptors (Lipinski definition) is 4. The highest BCUT2D eigenvalue weighted by Crippen LogP contribution is 2.12. The number of carboxylic acids is 1. The molecule has 5 nitrogen and oxygen atoms in total. The van der Waals surface area contributed by atoms with E-state index in [4.69, 9.17) is 5.11 Å². The van der Waals surface area contributed by atoms with Crippen LogP contribution < -0.4 is 0 Å². The van der Waals surface area contributed by atoms with Crippen LogP contribution in [0, 0.1) is 0 Å². The SMILES string of the molecule is O=C(O)CCSCCCCCCCCCc1cn(CC[18F])nn1. The van der Waals surface area contributed by atoms with Gasteiger partial charge >= 0.3 is 5.97 Å². The van der Waals surface area contributed by atoms with Crippen LogP contribution in [0.2, 0.25) is 0 Å². The molecular formula is C16H28FN3O2S. The third-order valence-electron chi connectivity index (χ3n) is 3.58. The van der Waals surface area contributed by atoms with Crippen LogP contribution in [-0.4, -0.2) is 44.3 Å². The summed E-state index contributed by atoms with van der Waals surface area (Å²) in [6, 6.07) is 0. The molecule has 0 bridgehead atoms. The number of halogens is 1. The molecule has 0 atom stereocenters. The quantitative estimate of drug-likeness (QED) is 0.491. The molecule has 0 aliphatic rings. The van der Waals surface area contributed by atoms with Crippen LogP contribution in [0.3, 0.4) is 0 Å². The van der Waals surface area contributed by atoms with Crippen LogP contribution in [0.15, 0.2) is 6.20 Å². The second-order valence-electron chi connectivity index (χ2n) is 5.64. The van der Waals surface area contributed by atoms with E-state index in [1.165, 1.54) is 38.5 Å². The molecule has 0 saturated heterocycles. The van der Waals surface area contributed by atoms with Gasteiger partial charge in [-0.3, -0.25) is 4.79 Å². The number of carbonyl (C=O) groups is 1. The van der Waals surface area contributed by atoms with Gasteiger partial charge in [0, 0.05) is 11.9 Å². The number of aryl methyl sites for hydroxylation is 2. The third kappa shape index (κ3) is 11.1. The normalized spacial score (nSPS) is 11.0. The van der Waals surface area contributed by atoms with Gasteiger partial charge in [0.05, 0.1) is 18.7 Å². The maximum Gasteiger partial charge on any atom is 0.304 e. The Hall–Kier alpha value is -1.11. The van der Waals surface area contributed by atoms with Gasteiger partial charge in [-0.2, -0.15) is 11.8 Å². The number of aromatic nitrogens is 3.